The topological polar surface area (TPSA) is 16.1 Å². The summed E-state index contributed by atoms with van der Waals surface area (Å²) in [5.41, 5.74) is 3.92. The van der Waals surface area contributed by atoms with Crippen LogP contribution in [0.25, 0.3) is 10.2 Å². The third-order valence-electron chi connectivity index (χ3n) is 5.39. The summed E-state index contributed by atoms with van der Waals surface area (Å²) in [5.74, 6) is 2.00. The van der Waals surface area contributed by atoms with Crippen LogP contribution in [0.15, 0.2) is 30.4 Å². The Balaban J connectivity index is 2.05. The molecule has 0 amide bonds. The van der Waals surface area contributed by atoms with Crippen LogP contribution in [0.4, 0.5) is 0 Å². The Morgan fingerprint density at radius 2 is 1.96 bits per heavy atom. The third-order valence-corrected chi connectivity index (χ3v) is 6.47. The minimum Gasteiger partial charge on any atom is -0.305 e. The monoisotopic (exact) mass is 372 g/mol. The van der Waals surface area contributed by atoms with E-state index in [1.165, 1.54) is 33.7 Å². The molecule has 26 heavy (non-hydrogen) atoms. The maximum atomic E-state index is 4.89. The maximum Gasteiger partial charge on any atom is 0.0938 e. The van der Waals surface area contributed by atoms with E-state index in [2.05, 4.69) is 71.5 Å². The van der Waals surface area contributed by atoms with Crippen molar-refractivity contribution in [3.05, 3.63) is 40.9 Å². The van der Waals surface area contributed by atoms with Crippen LogP contribution in [0.1, 0.15) is 63.4 Å². The van der Waals surface area contributed by atoms with Crippen molar-refractivity contribution >= 4 is 21.6 Å². The van der Waals surface area contributed by atoms with Crippen LogP contribution in [0.3, 0.4) is 0 Å². The first-order valence-corrected chi connectivity index (χ1v) is 10.8. The molecule has 2 rings (SSSR count). The smallest absolute Gasteiger partial charge is 0.0938 e. The molecule has 0 aliphatic carbocycles. The summed E-state index contributed by atoms with van der Waals surface area (Å²) in [6.45, 7) is 14.5. The van der Waals surface area contributed by atoms with E-state index in [4.69, 9.17) is 4.98 Å². The van der Waals surface area contributed by atoms with Gasteiger partial charge in [-0.3, -0.25) is 0 Å². The average Bonchev–Trinajstić information content (AvgIpc) is 2.98. The van der Waals surface area contributed by atoms with Gasteiger partial charge in [-0.25, -0.2) is 4.98 Å². The van der Waals surface area contributed by atoms with Crippen LogP contribution >= 0.6 is 11.3 Å². The molecular formula is C23H36N2S. The van der Waals surface area contributed by atoms with Gasteiger partial charge >= 0.3 is 0 Å². The van der Waals surface area contributed by atoms with Crippen LogP contribution < -0.4 is 0 Å². The first-order chi connectivity index (χ1) is 12.3. The van der Waals surface area contributed by atoms with Gasteiger partial charge in [0.15, 0.2) is 0 Å². The van der Waals surface area contributed by atoms with E-state index < -0.39 is 0 Å². The summed E-state index contributed by atoms with van der Waals surface area (Å²) in [6, 6.07) is 6.74. The molecule has 1 aromatic heterocycles. The van der Waals surface area contributed by atoms with E-state index in [1.54, 1.807) is 0 Å². The molecule has 3 heteroatoms. The van der Waals surface area contributed by atoms with E-state index in [1.807, 2.05) is 11.3 Å². The van der Waals surface area contributed by atoms with Gasteiger partial charge in [-0.05, 0) is 68.8 Å². The molecule has 0 saturated carbocycles. The second-order valence-electron chi connectivity index (χ2n) is 8.37. The standard InChI is InChI=1S/C23H36N2S/c1-8-18(5)20(13-17(4)15-25(6)7)10-12-23-24-21-11-9-19(16(2)3)14-22(21)26-23/h9,11,14,16,18,20H,4,8,10,12-13,15H2,1-3,5-7H3. The summed E-state index contributed by atoms with van der Waals surface area (Å²) in [4.78, 5) is 7.10. The highest BCUT2D eigenvalue weighted by atomic mass is 32.1. The van der Waals surface area contributed by atoms with Gasteiger partial charge in [-0.15, -0.1) is 11.3 Å². The quantitative estimate of drug-likeness (QED) is 0.441. The summed E-state index contributed by atoms with van der Waals surface area (Å²) in [6.07, 6.45) is 4.66. The SMILES string of the molecule is C=C(CC(CCc1nc2ccc(C(C)C)cc2s1)C(C)CC)CN(C)C. The zero-order valence-corrected chi connectivity index (χ0v) is 18.3. The van der Waals surface area contributed by atoms with E-state index in [-0.39, 0.29) is 0 Å². The number of thiazole rings is 1. The number of benzene rings is 1. The van der Waals surface area contributed by atoms with E-state index in [9.17, 15) is 0 Å². The molecule has 0 radical (unpaired) electrons. The van der Waals surface area contributed by atoms with Gasteiger partial charge in [-0.1, -0.05) is 52.3 Å². The second kappa shape index (κ2) is 9.66. The highest BCUT2D eigenvalue weighted by molar-refractivity contribution is 7.18. The predicted octanol–water partition coefficient (Wildman–Crippen LogP) is 6.52. The van der Waals surface area contributed by atoms with E-state index in [0.29, 0.717) is 11.8 Å². The Labute approximate surface area is 164 Å². The Morgan fingerprint density at radius 3 is 2.58 bits per heavy atom. The Bertz CT molecular complexity index is 714. The van der Waals surface area contributed by atoms with Crippen molar-refractivity contribution in [3.8, 4) is 0 Å². The lowest BCUT2D eigenvalue weighted by Crippen LogP contribution is -2.19. The molecule has 0 fully saturated rings. The maximum absolute atomic E-state index is 4.89. The average molecular weight is 373 g/mol. The molecule has 144 valence electrons. The highest BCUT2D eigenvalue weighted by Gasteiger charge is 2.18. The normalized spacial score (nSPS) is 14.3. The van der Waals surface area contributed by atoms with Crippen LogP contribution in [0.2, 0.25) is 0 Å². The van der Waals surface area contributed by atoms with Crippen LogP contribution in [-0.2, 0) is 6.42 Å². The number of rotatable bonds is 10. The van der Waals surface area contributed by atoms with Crippen molar-refractivity contribution in [1.82, 2.24) is 9.88 Å². The molecule has 2 unspecified atom stereocenters. The van der Waals surface area contributed by atoms with Crippen LogP contribution in [0, 0.1) is 11.8 Å². The fourth-order valence-corrected chi connectivity index (χ4v) is 4.60. The zero-order chi connectivity index (χ0) is 19.3. The second-order valence-corrected chi connectivity index (χ2v) is 9.48. The van der Waals surface area contributed by atoms with Gasteiger partial charge in [-0.2, -0.15) is 0 Å². The number of nitrogens with zero attached hydrogens (tertiary/aromatic N) is 2. The largest absolute Gasteiger partial charge is 0.305 e. The van der Waals surface area contributed by atoms with Gasteiger partial charge in [0.05, 0.1) is 15.2 Å². The lowest BCUT2D eigenvalue weighted by molar-refractivity contribution is 0.315. The fraction of sp³-hybridized carbons (Fsp3) is 0.609. The number of hydrogen-bond acceptors (Lipinski definition) is 3. The summed E-state index contributed by atoms with van der Waals surface area (Å²) < 4.78 is 1.34. The molecular weight excluding hydrogens is 336 g/mol. The molecule has 2 atom stereocenters. The Morgan fingerprint density at radius 1 is 1.23 bits per heavy atom. The zero-order valence-electron chi connectivity index (χ0n) is 17.5. The summed E-state index contributed by atoms with van der Waals surface area (Å²) >= 11 is 1.88. The van der Waals surface area contributed by atoms with E-state index in [0.717, 1.165) is 30.8 Å². The van der Waals surface area contributed by atoms with Crippen LogP contribution in [-0.4, -0.2) is 30.5 Å². The molecule has 0 aliphatic heterocycles. The van der Waals surface area contributed by atoms with Gasteiger partial charge in [0.2, 0.25) is 0 Å². The summed E-state index contributed by atoms with van der Waals surface area (Å²) in [5, 5.41) is 1.28. The van der Waals surface area contributed by atoms with Crippen molar-refractivity contribution < 1.29 is 0 Å². The Kier molecular flexibility index (Phi) is 7.85. The first kappa shape index (κ1) is 21.1. The minimum absolute atomic E-state index is 0.572. The van der Waals surface area contributed by atoms with Gasteiger partial charge < -0.3 is 4.90 Å². The molecule has 2 aromatic rings. The number of hydrogen-bond donors (Lipinski definition) is 0. The van der Waals surface area contributed by atoms with Crippen molar-refractivity contribution in [3.63, 3.8) is 0 Å². The van der Waals surface area contributed by atoms with Crippen molar-refractivity contribution in [1.29, 1.82) is 0 Å². The molecule has 2 nitrogen and oxygen atoms in total. The molecule has 1 aromatic carbocycles. The molecule has 0 aliphatic rings. The lowest BCUT2D eigenvalue weighted by atomic mass is 9.83. The predicted molar refractivity (Wildman–Crippen MR) is 117 cm³/mol. The van der Waals surface area contributed by atoms with Crippen molar-refractivity contribution in [2.45, 2.75) is 59.3 Å². The minimum atomic E-state index is 0.572. The van der Waals surface area contributed by atoms with Gasteiger partial charge in [0, 0.05) is 6.54 Å². The molecule has 0 N–H and O–H groups in total. The highest BCUT2D eigenvalue weighted by Crippen LogP contribution is 2.31. The number of aromatic nitrogens is 1. The number of likely N-dealkylation sites (N-methyl/N-ethyl adjacent to an activating group) is 1. The first-order valence-electron chi connectivity index (χ1n) is 10.0. The Hall–Kier alpha value is -1.19. The van der Waals surface area contributed by atoms with Gasteiger partial charge in [0.1, 0.15) is 0 Å². The van der Waals surface area contributed by atoms with Crippen LogP contribution in [0.5, 0.6) is 0 Å². The van der Waals surface area contributed by atoms with E-state index >= 15 is 0 Å². The van der Waals surface area contributed by atoms with Crippen molar-refractivity contribution in [2.75, 3.05) is 20.6 Å². The van der Waals surface area contributed by atoms with Crippen molar-refractivity contribution in [2.24, 2.45) is 11.8 Å². The number of fused-ring (bicyclic) bond motifs is 1. The number of aryl methyl sites for hydroxylation is 1. The fourth-order valence-electron chi connectivity index (χ4n) is 3.57. The molecule has 1 heterocycles. The molecule has 0 spiro atoms. The third kappa shape index (κ3) is 5.92. The molecule has 0 saturated heterocycles. The summed E-state index contributed by atoms with van der Waals surface area (Å²) in [7, 11) is 4.24. The lowest BCUT2D eigenvalue weighted by Gasteiger charge is -2.25. The van der Waals surface area contributed by atoms with Gasteiger partial charge in [0.25, 0.3) is 0 Å². The molecule has 0 bridgehead atoms.